The van der Waals surface area contributed by atoms with Gasteiger partial charge in [0.25, 0.3) is 5.91 Å². The molecule has 0 spiro atoms. The number of carbonyl (C=O) groups excluding carboxylic acids is 1. The van der Waals surface area contributed by atoms with Crippen LogP contribution in [0.2, 0.25) is 10.0 Å². The molecule has 3 aromatic carbocycles. The molecule has 32 heavy (non-hydrogen) atoms. The molecule has 0 unspecified atom stereocenters. The second-order valence-corrected chi connectivity index (χ2v) is 7.92. The van der Waals surface area contributed by atoms with Crippen molar-refractivity contribution >= 4 is 35.2 Å². The second kappa shape index (κ2) is 12.0. The molecule has 0 aliphatic rings. The molecule has 6 heteroatoms. The number of nitriles is 1. The van der Waals surface area contributed by atoms with Gasteiger partial charge < -0.3 is 10.1 Å². The monoisotopic (exact) mass is 464 g/mol. The van der Waals surface area contributed by atoms with E-state index in [9.17, 15) is 10.1 Å². The minimum Gasteiger partial charge on any atom is -0.488 e. The Morgan fingerprint density at radius 3 is 2.53 bits per heavy atom. The highest BCUT2D eigenvalue weighted by Crippen LogP contribution is 2.25. The molecule has 0 aromatic heterocycles. The number of amides is 1. The van der Waals surface area contributed by atoms with Gasteiger partial charge >= 0.3 is 0 Å². The number of nitrogens with one attached hydrogen (secondary N) is 1. The topological polar surface area (TPSA) is 62.1 Å². The summed E-state index contributed by atoms with van der Waals surface area (Å²) in [5.74, 6) is 0.138. The number of hydrogen-bond acceptors (Lipinski definition) is 3. The maximum Gasteiger partial charge on any atom is 0.261 e. The van der Waals surface area contributed by atoms with Crippen molar-refractivity contribution in [3.8, 4) is 11.8 Å². The Balaban J connectivity index is 1.62. The standard InChI is InChI=1S/C26H22Cl2N2O2/c27-23-13-12-21(24(28)16-23)18-32-25-11-5-4-10-20(25)15-22(17-29)26(31)30-14-6-9-19-7-2-1-3-8-19/h1-5,7-8,10-13,15-16H,6,9,14,18H2,(H,30,31)/b22-15-. The van der Waals surface area contributed by atoms with Gasteiger partial charge in [0.15, 0.2) is 0 Å². The van der Waals surface area contributed by atoms with Crippen molar-refractivity contribution in [3.63, 3.8) is 0 Å². The molecule has 0 heterocycles. The molecule has 0 bridgehead atoms. The summed E-state index contributed by atoms with van der Waals surface area (Å²) < 4.78 is 5.90. The second-order valence-electron chi connectivity index (χ2n) is 7.08. The smallest absolute Gasteiger partial charge is 0.261 e. The molecule has 1 N–H and O–H groups in total. The Morgan fingerprint density at radius 1 is 1.03 bits per heavy atom. The molecular formula is C26H22Cl2N2O2. The van der Waals surface area contributed by atoms with E-state index < -0.39 is 5.91 Å². The highest BCUT2D eigenvalue weighted by Gasteiger charge is 2.11. The first-order valence-corrected chi connectivity index (χ1v) is 10.9. The van der Waals surface area contributed by atoms with Crippen LogP contribution in [0.4, 0.5) is 0 Å². The molecule has 0 saturated carbocycles. The summed E-state index contributed by atoms with van der Waals surface area (Å²) in [7, 11) is 0. The summed E-state index contributed by atoms with van der Waals surface area (Å²) in [6.45, 7) is 0.717. The number of halogens is 2. The molecule has 0 aliphatic heterocycles. The van der Waals surface area contributed by atoms with Gasteiger partial charge in [-0.3, -0.25) is 4.79 Å². The quantitative estimate of drug-likeness (QED) is 0.232. The third-order valence-corrected chi connectivity index (χ3v) is 5.34. The number of ether oxygens (including phenoxy) is 1. The van der Waals surface area contributed by atoms with E-state index in [0.29, 0.717) is 27.9 Å². The van der Waals surface area contributed by atoms with Gasteiger partial charge in [-0.1, -0.05) is 77.8 Å². The molecule has 0 fully saturated rings. The number of benzene rings is 3. The lowest BCUT2D eigenvalue weighted by Gasteiger charge is -2.11. The van der Waals surface area contributed by atoms with Crippen LogP contribution < -0.4 is 10.1 Å². The van der Waals surface area contributed by atoms with E-state index in [0.717, 1.165) is 18.4 Å². The number of aryl methyl sites for hydroxylation is 1. The fraction of sp³-hybridized carbons (Fsp3) is 0.154. The zero-order chi connectivity index (χ0) is 22.8. The van der Waals surface area contributed by atoms with E-state index in [4.69, 9.17) is 27.9 Å². The summed E-state index contributed by atoms with van der Waals surface area (Å²) in [6.07, 6.45) is 3.18. The molecule has 0 atom stereocenters. The van der Waals surface area contributed by atoms with Crippen LogP contribution in [0.3, 0.4) is 0 Å². The van der Waals surface area contributed by atoms with Crippen molar-refractivity contribution in [1.29, 1.82) is 5.26 Å². The van der Waals surface area contributed by atoms with Gasteiger partial charge in [0.2, 0.25) is 0 Å². The van der Waals surface area contributed by atoms with E-state index in [-0.39, 0.29) is 12.2 Å². The summed E-state index contributed by atoms with van der Waals surface area (Å²) in [5.41, 5.74) is 2.65. The average molecular weight is 465 g/mol. The molecule has 3 rings (SSSR count). The molecule has 3 aromatic rings. The third-order valence-electron chi connectivity index (χ3n) is 4.75. The molecule has 0 aliphatic carbocycles. The van der Waals surface area contributed by atoms with E-state index in [1.807, 2.05) is 36.4 Å². The van der Waals surface area contributed by atoms with Crippen LogP contribution in [0, 0.1) is 11.3 Å². The van der Waals surface area contributed by atoms with Gasteiger partial charge in [-0.2, -0.15) is 5.26 Å². The Labute approximate surface area is 198 Å². The van der Waals surface area contributed by atoms with E-state index in [1.165, 1.54) is 11.6 Å². The van der Waals surface area contributed by atoms with Gasteiger partial charge in [0, 0.05) is 27.7 Å². The lowest BCUT2D eigenvalue weighted by atomic mass is 10.1. The summed E-state index contributed by atoms with van der Waals surface area (Å²) in [6, 6.07) is 24.5. The summed E-state index contributed by atoms with van der Waals surface area (Å²) >= 11 is 12.1. The number of rotatable bonds is 9. The average Bonchev–Trinajstić information content (AvgIpc) is 2.81. The summed E-state index contributed by atoms with van der Waals surface area (Å²) in [4.78, 5) is 12.5. The zero-order valence-electron chi connectivity index (χ0n) is 17.4. The lowest BCUT2D eigenvalue weighted by molar-refractivity contribution is -0.117. The minimum atomic E-state index is -0.406. The molecule has 162 valence electrons. The lowest BCUT2D eigenvalue weighted by Crippen LogP contribution is -2.25. The molecule has 0 saturated heterocycles. The van der Waals surface area contributed by atoms with Crippen LogP contribution in [0.15, 0.2) is 78.4 Å². The van der Waals surface area contributed by atoms with Crippen LogP contribution in [0.25, 0.3) is 6.08 Å². The third kappa shape index (κ3) is 6.88. The first-order valence-electron chi connectivity index (χ1n) is 10.2. The van der Waals surface area contributed by atoms with Gasteiger partial charge in [0.1, 0.15) is 24.0 Å². The number of nitrogens with zero attached hydrogens (tertiary/aromatic N) is 1. The van der Waals surface area contributed by atoms with Crippen LogP contribution in [-0.2, 0) is 17.8 Å². The number of hydrogen-bond donors (Lipinski definition) is 1. The van der Waals surface area contributed by atoms with Crippen molar-refractivity contribution in [2.45, 2.75) is 19.4 Å². The highest BCUT2D eigenvalue weighted by atomic mass is 35.5. The van der Waals surface area contributed by atoms with Gasteiger partial charge in [-0.25, -0.2) is 0 Å². The molecule has 1 amide bonds. The number of carbonyl (C=O) groups is 1. The van der Waals surface area contributed by atoms with E-state index >= 15 is 0 Å². The van der Waals surface area contributed by atoms with Crippen molar-refractivity contribution in [3.05, 3.63) is 105 Å². The van der Waals surface area contributed by atoms with Crippen LogP contribution in [-0.4, -0.2) is 12.5 Å². The van der Waals surface area contributed by atoms with Crippen molar-refractivity contribution in [2.75, 3.05) is 6.54 Å². The van der Waals surface area contributed by atoms with Crippen LogP contribution >= 0.6 is 23.2 Å². The summed E-state index contributed by atoms with van der Waals surface area (Å²) in [5, 5.41) is 13.4. The van der Waals surface area contributed by atoms with E-state index in [1.54, 1.807) is 30.3 Å². The zero-order valence-corrected chi connectivity index (χ0v) is 18.9. The minimum absolute atomic E-state index is 0.0188. The van der Waals surface area contributed by atoms with Crippen LogP contribution in [0.5, 0.6) is 5.75 Å². The van der Waals surface area contributed by atoms with Gasteiger partial charge in [-0.05, 0) is 42.7 Å². The Bertz CT molecular complexity index is 1140. The van der Waals surface area contributed by atoms with Crippen molar-refractivity contribution in [2.24, 2.45) is 0 Å². The van der Waals surface area contributed by atoms with Crippen LogP contribution in [0.1, 0.15) is 23.1 Å². The van der Waals surface area contributed by atoms with Crippen molar-refractivity contribution < 1.29 is 9.53 Å². The van der Waals surface area contributed by atoms with Gasteiger partial charge in [-0.15, -0.1) is 0 Å². The van der Waals surface area contributed by atoms with E-state index in [2.05, 4.69) is 17.4 Å². The first kappa shape index (κ1) is 23.4. The largest absolute Gasteiger partial charge is 0.488 e. The molecule has 0 radical (unpaired) electrons. The normalized spacial score (nSPS) is 11.0. The predicted octanol–water partition coefficient (Wildman–Crippen LogP) is 6.23. The predicted molar refractivity (Wildman–Crippen MR) is 129 cm³/mol. The molecular weight excluding hydrogens is 443 g/mol. The fourth-order valence-corrected chi connectivity index (χ4v) is 3.53. The maximum atomic E-state index is 12.5. The number of para-hydroxylation sites is 1. The van der Waals surface area contributed by atoms with Crippen molar-refractivity contribution in [1.82, 2.24) is 5.32 Å². The Morgan fingerprint density at radius 2 is 1.78 bits per heavy atom. The first-order chi connectivity index (χ1) is 15.6. The maximum absolute atomic E-state index is 12.5. The Kier molecular flexibility index (Phi) is 8.74. The Hall–Kier alpha value is -3.26. The fourth-order valence-electron chi connectivity index (χ4n) is 3.06. The molecule has 4 nitrogen and oxygen atoms in total. The van der Waals surface area contributed by atoms with Gasteiger partial charge in [0.05, 0.1) is 0 Å². The highest BCUT2D eigenvalue weighted by molar-refractivity contribution is 6.35. The SMILES string of the molecule is N#C/C(=C/c1ccccc1OCc1ccc(Cl)cc1Cl)C(=O)NCCCc1ccccc1.